The van der Waals surface area contributed by atoms with Crippen molar-refractivity contribution in [1.29, 1.82) is 0 Å². The van der Waals surface area contributed by atoms with Crippen molar-refractivity contribution in [2.24, 2.45) is 5.92 Å². The third-order valence-electron chi connectivity index (χ3n) is 6.09. The van der Waals surface area contributed by atoms with Gasteiger partial charge in [0.1, 0.15) is 17.8 Å². The fourth-order valence-electron chi connectivity index (χ4n) is 4.16. The maximum atomic E-state index is 14.0. The fourth-order valence-corrected chi connectivity index (χ4v) is 4.76. The number of carboxylic acid groups (broad SMARTS) is 1. The summed E-state index contributed by atoms with van der Waals surface area (Å²) < 4.78 is 66.3. The van der Waals surface area contributed by atoms with Crippen molar-refractivity contribution in [2.75, 3.05) is 11.8 Å². The number of carbonyl (C=O) groups is 1. The molecule has 11 heteroatoms. The lowest BCUT2D eigenvalue weighted by atomic mass is 9.78. The van der Waals surface area contributed by atoms with Gasteiger partial charge in [-0.05, 0) is 55.4 Å². The number of nitrogens with one attached hydrogen (secondary N) is 1. The number of rotatable bonds is 7. The molecule has 3 aromatic rings. The van der Waals surface area contributed by atoms with Crippen LogP contribution in [-0.2, 0) is 0 Å². The Bertz CT molecular complexity index is 1190. The highest BCUT2D eigenvalue weighted by atomic mass is 32.2. The number of carboxylic acids is 1. The number of hydrogen-bond donors (Lipinski definition) is 2. The summed E-state index contributed by atoms with van der Waals surface area (Å²) in [6.45, 7) is 0. The zero-order valence-electron chi connectivity index (χ0n) is 18.6. The minimum Gasteiger partial charge on any atom is -0.495 e. The van der Waals surface area contributed by atoms with Crippen LogP contribution in [0.3, 0.4) is 0 Å². The molecule has 0 spiro atoms. The van der Waals surface area contributed by atoms with Gasteiger partial charge in [-0.15, -0.1) is 0 Å². The number of hydrogen-bond acceptors (Lipinski definition) is 6. The highest BCUT2D eigenvalue weighted by Crippen LogP contribution is 2.43. The van der Waals surface area contributed by atoms with E-state index < -0.39 is 29.4 Å². The molecule has 1 heterocycles. The van der Waals surface area contributed by atoms with E-state index in [-0.39, 0.29) is 30.2 Å². The summed E-state index contributed by atoms with van der Waals surface area (Å²) in [5.74, 6) is -2.91. The summed E-state index contributed by atoms with van der Waals surface area (Å²) in [4.78, 5) is 15.5. The molecular formula is C24H22F4N2O4S. The molecule has 1 fully saturated rings. The largest absolute Gasteiger partial charge is 0.495 e. The summed E-state index contributed by atoms with van der Waals surface area (Å²) in [5.41, 5.74) is 1.43. The predicted molar refractivity (Wildman–Crippen MR) is 122 cm³/mol. The van der Waals surface area contributed by atoms with Gasteiger partial charge in [0, 0.05) is 23.6 Å². The normalized spacial score (nSPS) is 18.3. The van der Waals surface area contributed by atoms with E-state index in [1.165, 1.54) is 13.4 Å². The number of ether oxygens (including phenoxy) is 1. The minimum atomic E-state index is -4.12. The van der Waals surface area contributed by atoms with Gasteiger partial charge in [-0.3, -0.25) is 0 Å². The zero-order chi connectivity index (χ0) is 25.2. The summed E-state index contributed by atoms with van der Waals surface area (Å²) in [6, 6.07) is 9.54. The first-order valence-electron chi connectivity index (χ1n) is 10.8. The SMILES string of the molecule is COc1cc(C(=O)O)c(F)cc1NSc1coc(-c2ccc([C@H]3CC[C@@H](C(F)(F)F)CC3)cc2)n1. The van der Waals surface area contributed by atoms with Gasteiger partial charge in [0.25, 0.3) is 0 Å². The Hall–Kier alpha value is -3.21. The van der Waals surface area contributed by atoms with Crippen LogP contribution in [0, 0.1) is 11.7 Å². The summed E-state index contributed by atoms with van der Waals surface area (Å²) in [7, 11) is 1.34. The Morgan fingerprint density at radius 2 is 1.86 bits per heavy atom. The summed E-state index contributed by atoms with van der Waals surface area (Å²) >= 11 is 1.03. The molecule has 0 amide bonds. The van der Waals surface area contributed by atoms with Gasteiger partial charge in [0.15, 0.2) is 5.03 Å². The Morgan fingerprint density at radius 3 is 2.46 bits per heavy atom. The third-order valence-corrected chi connectivity index (χ3v) is 6.81. The first-order valence-corrected chi connectivity index (χ1v) is 11.6. The maximum absolute atomic E-state index is 14.0. The summed E-state index contributed by atoms with van der Waals surface area (Å²) in [5, 5.41) is 9.49. The van der Waals surface area contributed by atoms with Gasteiger partial charge in [0.2, 0.25) is 5.89 Å². The van der Waals surface area contributed by atoms with Crippen molar-refractivity contribution in [3.63, 3.8) is 0 Å². The maximum Gasteiger partial charge on any atom is 0.391 e. The van der Waals surface area contributed by atoms with Crippen LogP contribution < -0.4 is 9.46 Å². The number of anilines is 1. The number of alkyl halides is 3. The second-order valence-electron chi connectivity index (χ2n) is 8.24. The second-order valence-corrected chi connectivity index (χ2v) is 9.07. The van der Waals surface area contributed by atoms with E-state index in [9.17, 15) is 22.4 Å². The molecule has 35 heavy (non-hydrogen) atoms. The number of benzene rings is 2. The van der Waals surface area contributed by atoms with Gasteiger partial charge in [-0.1, -0.05) is 12.1 Å². The highest BCUT2D eigenvalue weighted by Gasteiger charge is 2.41. The quantitative estimate of drug-likeness (QED) is 0.258. The van der Waals surface area contributed by atoms with Crippen molar-refractivity contribution in [1.82, 2.24) is 4.98 Å². The molecule has 1 aliphatic carbocycles. The van der Waals surface area contributed by atoms with Crippen LogP contribution >= 0.6 is 11.9 Å². The van der Waals surface area contributed by atoms with Gasteiger partial charge < -0.3 is 19.0 Å². The standard InChI is InChI=1S/C24H22F4N2O4S/c1-33-20-10-17(23(31)32)18(25)11-19(20)30-35-21-12-34-22(29-21)15-4-2-13(3-5-15)14-6-8-16(9-7-14)24(26,27)28/h2-5,10-12,14,16,30H,6-9H2,1H3,(H,31,32)/t14-,16+. The van der Waals surface area contributed by atoms with Crippen LogP contribution in [0.15, 0.2) is 52.1 Å². The molecule has 6 nitrogen and oxygen atoms in total. The van der Waals surface area contributed by atoms with E-state index in [0.717, 1.165) is 29.6 Å². The second kappa shape index (κ2) is 10.2. The average molecular weight is 511 g/mol. The monoisotopic (exact) mass is 510 g/mol. The lowest BCUT2D eigenvalue weighted by molar-refractivity contribution is -0.182. The third kappa shape index (κ3) is 5.72. The minimum absolute atomic E-state index is 0.102. The lowest BCUT2D eigenvalue weighted by Gasteiger charge is -2.30. The fraction of sp³-hybridized carbons (Fsp3) is 0.333. The molecule has 0 radical (unpaired) electrons. The van der Waals surface area contributed by atoms with Crippen LogP contribution in [0.4, 0.5) is 23.2 Å². The van der Waals surface area contributed by atoms with Crippen molar-refractivity contribution in [3.05, 3.63) is 59.6 Å². The number of nitrogens with zero attached hydrogens (tertiary/aromatic N) is 1. The number of methoxy groups -OCH3 is 1. The molecule has 2 aromatic carbocycles. The van der Waals surface area contributed by atoms with Crippen molar-refractivity contribution in [2.45, 2.75) is 42.8 Å². The van der Waals surface area contributed by atoms with Crippen LogP contribution in [-0.4, -0.2) is 29.3 Å². The average Bonchev–Trinajstić information content (AvgIpc) is 3.31. The molecule has 1 aliphatic rings. The number of oxazole rings is 1. The number of aromatic carboxylic acids is 1. The molecule has 0 aliphatic heterocycles. The van der Waals surface area contributed by atoms with Gasteiger partial charge >= 0.3 is 12.1 Å². The van der Waals surface area contributed by atoms with Crippen molar-refractivity contribution in [3.8, 4) is 17.2 Å². The molecule has 0 saturated heterocycles. The topological polar surface area (TPSA) is 84.6 Å². The number of halogens is 4. The zero-order valence-corrected chi connectivity index (χ0v) is 19.4. The number of aromatic nitrogens is 1. The van der Waals surface area contributed by atoms with Crippen molar-refractivity contribution >= 4 is 23.6 Å². The molecule has 0 atom stereocenters. The van der Waals surface area contributed by atoms with E-state index >= 15 is 0 Å². The summed E-state index contributed by atoms with van der Waals surface area (Å²) in [6.07, 6.45) is -1.40. The van der Waals surface area contributed by atoms with Gasteiger partial charge in [-0.2, -0.15) is 13.2 Å². The predicted octanol–water partition coefficient (Wildman–Crippen LogP) is 7.14. The van der Waals surface area contributed by atoms with E-state index in [2.05, 4.69) is 9.71 Å². The Kier molecular flexibility index (Phi) is 7.25. The Labute approximate surface area is 202 Å². The molecule has 1 saturated carbocycles. The smallest absolute Gasteiger partial charge is 0.391 e. The lowest BCUT2D eigenvalue weighted by Crippen LogP contribution is -2.27. The van der Waals surface area contributed by atoms with Crippen LogP contribution in [0.25, 0.3) is 11.5 Å². The van der Waals surface area contributed by atoms with E-state index in [1.54, 1.807) is 0 Å². The Balaban J connectivity index is 1.39. The first kappa shape index (κ1) is 24.9. The molecule has 1 aromatic heterocycles. The molecule has 2 N–H and O–H groups in total. The molecule has 0 unspecified atom stereocenters. The molecule has 0 bridgehead atoms. The van der Waals surface area contributed by atoms with Crippen LogP contribution in [0.1, 0.15) is 47.5 Å². The molecule has 186 valence electrons. The highest BCUT2D eigenvalue weighted by molar-refractivity contribution is 8.00. The van der Waals surface area contributed by atoms with E-state index in [0.29, 0.717) is 29.3 Å². The molecule has 4 rings (SSSR count). The van der Waals surface area contributed by atoms with E-state index in [4.69, 9.17) is 14.3 Å². The van der Waals surface area contributed by atoms with Crippen LogP contribution in [0.5, 0.6) is 5.75 Å². The van der Waals surface area contributed by atoms with E-state index in [1.807, 2.05) is 24.3 Å². The Morgan fingerprint density at radius 1 is 1.17 bits per heavy atom. The van der Waals surface area contributed by atoms with Crippen LogP contribution in [0.2, 0.25) is 0 Å². The molecular weight excluding hydrogens is 488 g/mol. The van der Waals surface area contributed by atoms with Crippen molar-refractivity contribution < 1.29 is 36.6 Å². The van der Waals surface area contributed by atoms with Gasteiger partial charge in [0.05, 0.1) is 24.3 Å². The first-order chi connectivity index (χ1) is 16.7. The van der Waals surface area contributed by atoms with Gasteiger partial charge in [-0.25, -0.2) is 14.2 Å².